The van der Waals surface area contributed by atoms with Gasteiger partial charge >= 0.3 is 0 Å². The van der Waals surface area contributed by atoms with Gasteiger partial charge < -0.3 is 14.5 Å². The fraction of sp³-hybridized carbons (Fsp3) is 0.211. The number of nitrogens with zero attached hydrogens (tertiary/aromatic N) is 2. The number of hydrogen-bond donors (Lipinski definition) is 1. The van der Waals surface area contributed by atoms with Gasteiger partial charge in [0.05, 0.1) is 18.7 Å². The molecule has 1 heterocycles. The lowest BCUT2D eigenvalue weighted by Gasteiger charge is -2.15. The summed E-state index contributed by atoms with van der Waals surface area (Å²) >= 11 is 6.02. The Bertz CT molecular complexity index is 896. The Morgan fingerprint density at radius 2 is 2.00 bits per heavy atom. The lowest BCUT2D eigenvalue weighted by molar-refractivity contribution is -0.116. The van der Waals surface area contributed by atoms with Crippen LogP contribution in [0.2, 0.25) is 5.02 Å². The van der Waals surface area contributed by atoms with E-state index in [1.807, 2.05) is 30.3 Å². The summed E-state index contributed by atoms with van der Waals surface area (Å²) in [6, 6.07) is 14.6. The summed E-state index contributed by atoms with van der Waals surface area (Å²) < 4.78 is 10.8. The molecule has 0 aliphatic heterocycles. The van der Waals surface area contributed by atoms with Crippen molar-refractivity contribution in [1.29, 1.82) is 0 Å². The molecule has 1 amide bonds. The van der Waals surface area contributed by atoms with Gasteiger partial charge in [0, 0.05) is 18.4 Å². The van der Waals surface area contributed by atoms with Crippen LogP contribution in [0.4, 0.5) is 5.69 Å². The highest BCUT2D eigenvalue weighted by molar-refractivity contribution is 6.31. The van der Waals surface area contributed by atoms with E-state index in [4.69, 9.17) is 20.8 Å². The molecule has 3 aromatic rings. The standard InChI is InChI=1S/C19H18ClN3O3/c1-12-22-23-19(26-12)15(13-6-4-3-5-7-13)11-18(24)21-16-10-14(20)8-9-17(16)25-2/h3-10,15H,11H2,1-2H3,(H,21,24). The second-order valence-corrected chi connectivity index (χ2v) is 6.16. The van der Waals surface area contributed by atoms with E-state index in [1.165, 1.54) is 7.11 Å². The number of hydrogen-bond acceptors (Lipinski definition) is 5. The van der Waals surface area contributed by atoms with Crippen molar-refractivity contribution in [3.05, 3.63) is 70.9 Å². The molecule has 7 heteroatoms. The van der Waals surface area contributed by atoms with E-state index in [9.17, 15) is 4.79 Å². The molecule has 134 valence electrons. The minimum absolute atomic E-state index is 0.140. The van der Waals surface area contributed by atoms with Gasteiger partial charge in [0.2, 0.25) is 17.7 Å². The van der Waals surface area contributed by atoms with Gasteiger partial charge in [0.25, 0.3) is 0 Å². The Balaban J connectivity index is 1.83. The summed E-state index contributed by atoms with van der Waals surface area (Å²) in [7, 11) is 1.53. The topological polar surface area (TPSA) is 77.2 Å². The number of carbonyl (C=O) groups excluding carboxylic acids is 1. The Morgan fingerprint density at radius 3 is 2.65 bits per heavy atom. The summed E-state index contributed by atoms with van der Waals surface area (Å²) in [5.74, 6) is 0.838. The molecular weight excluding hydrogens is 354 g/mol. The largest absolute Gasteiger partial charge is 0.495 e. The molecule has 0 spiro atoms. The van der Waals surface area contributed by atoms with E-state index in [-0.39, 0.29) is 18.2 Å². The molecular formula is C19H18ClN3O3. The van der Waals surface area contributed by atoms with Gasteiger partial charge in [-0.1, -0.05) is 41.9 Å². The van der Waals surface area contributed by atoms with Crippen LogP contribution in [0, 0.1) is 6.92 Å². The summed E-state index contributed by atoms with van der Waals surface area (Å²) in [4.78, 5) is 12.7. The maximum absolute atomic E-state index is 12.7. The third-order valence-electron chi connectivity index (χ3n) is 3.87. The Hall–Kier alpha value is -2.86. The number of aromatic nitrogens is 2. The first kappa shape index (κ1) is 17.9. The predicted octanol–water partition coefficient (Wildman–Crippen LogP) is 4.20. The number of aryl methyl sites for hydroxylation is 1. The van der Waals surface area contributed by atoms with Crippen molar-refractivity contribution >= 4 is 23.2 Å². The molecule has 6 nitrogen and oxygen atoms in total. The molecule has 0 fully saturated rings. The molecule has 1 atom stereocenters. The number of carbonyl (C=O) groups is 1. The van der Waals surface area contributed by atoms with Crippen LogP contribution in [0.15, 0.2) is 52.9 Å². The van der Waals surface area contributed by atoms with Crippen LogP contribution in [-0.2, 0) is 4.79 Å². The molecule has 0 radical (unpaired) electrons. The number of halogens is 1. The first-order valence-electron chi connectivity index (χ1n) is 8.05. The van der Waals surface area contributed by atoms with Crippen molar-refractivity contribution in [3.8, 4) is 5.75 Å². The van der Waals surface area contributed by atoms with E-state index in [1.54, 1.807) is 25.1 Å². The smallest absolute Gasteiger partial charge is 0.225 e. The number of methoxy groups -OCH3 is 1. The second kappa shape index (κ2) is 8.01. The highest BCUT2D eigenvalue weighted by Gasteiger charge is 2.24. The second-order valence-electron chi connectivity index (χ2n) is 5.72. The van der Waals surface area contributed by atoms with E-state index in [0.29, 0.717) is 28.2 Å². The molecule has 1 unspecified atom stereocenters. The van der Waals surface area contributed by atoms with E-state index >= 15 is 0 Å². The van der Waals surface area contributed by atoms with E-state index in [0.717, 1.165) is 5.56 Å². The zero-order valence-corrected chi connectivity index (χ0v) is 15.2. The van der Waals surface area contributed by atoms with E-state index < -0.39 is 0 Å². The first-order chi connectivity index (χ1) is 12.6. The third-order valence-corrected chi connectivity index (χ3v) is 4.10. The van der Waals surface area contributed by atoms with Crippen LogP contribution in [0.5, 0.6) is 5.75 Å². The summed E-state index contributed by atoms with van der Waals surface area (Å²) in [5.41, 5.74) is 1.43. The van der Waals surface area contributed by atoms with E-state index in [2.05, 4.69) is 15.5 Å². The molecule has 1 aromatic heterocycles. The molecule has 26 heavy (non-hydrogen) atoms. The van der Waals surface area contributed by atoms with Gasteiger partial charge in [0.1, 0.15) is 5.75 Å². The quantitative estimate of drug-likeness (QED) is 0.702. The maximum atomic E-state index is 12.7. The maximum Gasteiger partial charge on any atom is 0.225 e. The summed E-state index contributed by atoms with van der Waals surface area (Å²) in [5, 5.41) is 11.3. The number of anilines is 1. The molecule has 3 rings (SSSR count). The van der Waals surface area contributed by atoms with Crippen molar-refractivity contribution in [1.82, 2.24) is 10.2 Å². The number of rotatable bonds is 6. The minimum atomic E-state index is -0.345. The van der Waals surface area contributed by atoms with Crippen LogP contribution in [0.1, 0.15) is 29.7 Å². The van der Waals surface area contributed by atoms with Crippen LogP contribution in [0.25, 0.3) is 0 Å². The Kier molecular flexibility index (Phi) is 5.53. The van der Waals surface area contributed by atoms with Crippen molar-refractivity contribution < 1.29 is 13.9 Å². The van der Waals surface area contributed by atoms with Gasteiger partial charge in [-0.2, -0.15) is 0 Å². The zero-order valence-electron chi connectivity index (χ0n) is 14.4. The van der Waals surface area contributed by atoms with Crippen LogP contribution < -0.4 is 10.1 Å². The molecule has 0 saturated carbocycles. The van der Waals surface area contributed by atoms with Gasteiger partial charge in [-0.25, -0.2) is 0 Å². The monoisotopic (exact) mass is 371 g/mol. The highest BCUT2D eigenvalue weighted by atomic mass is 35.5. The van der Waals surface area contributed by atoms with Crippen molar-refractivity contribution in [2.45, 2.75) is 19.3 Å². The molecule has 0 saturated heterocycles. The average Bonchev–Trinajstić information content (AvgIpc) is 3.07. The Labute approximate surface area is 156 Å². The molecule has 2 aromatic carbocycles. The minimum Gasteiger partial charge on any atom is -0.495 e. The predicted molar refractivity (Wildman–Crippen MR) is 98.6 cm³/mol. The fourth-order valence-corrected chi connectivity index (χ4v) is 2.82. The third kappa shape index (κ3) is 4.21. The Morgan fingerprint density at radius 1 is 1.23 bits per heavy atom. The highest BCUT2D eigenvalue weighted by Crippen LogP contribution is 2.30. The van der Waals surface area contributed by atoms with Crippen LogP contribution in [-0.4, -0.2) is 23.2 Å². The molecule has 0 aliphatic carbocycles. The number of amides is 1. The van der Waals surface area contributed by atoms with Crippen molar-refractivity contribution in [3.63, 3.8) is 0 Å². The summed E-state index contributed by atoms with van der Waals surface area (Å²) in [6.07, 6.45) is 0.140. The van der Waals surface area contributed by atoms with Crippen molar-refractivity contribution in [2.75, 3.05) is 12.4 Å². The number of benzene rings is 2. The van der Waals surface area contributed by atoms with Gasteiger partial charge in [-0.05, 0) is 23.8 Å². The first-order valence-corrected chi connectivity index (χ1v) is 8.43. The fourth-order valence-electron chi connectivity index (χ4n) is 2.65. The average molecular weight is 372 g/mol. The van der Waals surface area contributed by atoms with Gasteiger partial charge in [-0.3, -0.25) is 4.79 Å². The SMILES string of the molecule is COc1ccc(Cl)cc1NC(=O)CC(c1ccccc1)c1nnc(C)o1. The lowest BCUT2D eigenvalue weighted by atomic mass is 9.95. The number of ether oxygens (including phenoxy) is 1. The molecule has 0 aliphatic rings. The van der Waals surface area contributed by atoms with Gasteiger partial charge in [-0.15, -0.1) is 10.2 Å². The number of nitrogens with one attached hydrogen (secondary N) is 1. The molecule has 0 bridgehead atoms. The molecule has 1 N–H and O–H groups in total. The van der Waals surface area contributed by atoms with Crippen LogP contribution in [0.3, 0.4) is 0 Å². The lowest BCUT2D eigenvalue weighted by Crippen LogP contribution is -2.17. The summed E-state index contributed by atoms with van der Waals surface area (Å²) in [6.45, 7) is 1.72. The van der Waals surface area contributed by atoms with Gasteiger partial charge in [0.15, 0.2) is 0 Å². The normalized spacial score (nSPS) is 11.8. The van der Waals surface area contributed by atoms with Crippen LogP contribution >= 0.6 is 11.6 Å². The zero-order chi connectivity index (χ0) is 18.5. The van der Waals surface area contributed by atoms with Crippen molar-refractivity contribution in [2.24, 2.45) is 0 Å².